The minimum Gasteiger partial charge on any atom is -0.461 e. The van der Waals surface area contributed by atoms with Crippen LogP contribution in [-0.2, 0) is 11.9 Å². The first-order valence-corrected chi connectivity index (χ1v) is 15.5. The molecule has 43 heavy (non-hydrogen) atoms. The van der Waals surface area contributed by atoms with Crippen LogP contribution in [0.2, 0.25) is 10.0 Å². The van der Waals surface area contributed by atoms with E-state index in [1.165, 1.54) is 29.2 Å². The molecular formula is C28H21Cl2F3N6O2S2. The Labute approximate surface area is 262 Å². The van der Waals surface area contributed by atoms with Crippen molar-refractivity contribution in [3.05, 3.63) is 92.6 Å². The molecule has 0 radical (unpaired) electrons. The van der Waals surface area contributed by atoms with Crippen LogP contribution in [0, 0.1) is 0 Å². The molecule has 4 heterocycles. The van der Waals surface area contributed by atoms with Gasteiger partial charge < -0.3 is 14.2 Å². The number of benzene rings is 2. The zero-order valence-electron chi connectivity index (χ0n) is 22.1. The Hall–Kier alpha value is -3.52. The normalized spacial score (nSPS) is 14.0. The van der Waals surface area contributed by atoms with E-state index >= 15 is 0 Å². The van der Waals surface area contributed by atoms with Gasteiger partial charge in [0.25, 0.3) is 5.91 Å². The summed E-state index contributed by atoms with van der Waals surface area (Å²) in [7, 11) is 0. The maximum Gasteiger partial charge on any atom is 0.416 e. The molecular weight excluding hydrogens is 644 g/mol. The lowest BCUT2D eigenvalue weighted by molar-refractivity contribution is -0.137. The van der Waals surface area contributed by atoms with Gasteiger partial charge in [0.05, 0.1) is 28.3 Å². The van der Waals surface area contributed by atoms with E-state index in [1.54, 1.807) is 57.5 Å². The number of nitrogens with zero attached hydrogens (tertiary/aromatic N) is 6. The molecule has 1 saturated heterocycles. The number of anilines is 1. The number of rotatable bonds is 7. The van der Waals surface area contributed by atoms with Gasteiger partial charge in [0.15, 0.2) is 10.9 Å². The lowest BCUT2D eigenvalue weighted by Gasteiger charge is -2.36. The highest BCUT2D eigenvalue weighted by Gasteiger charge is 2.31. The van der Waals surface area contributed by atoms with Gasteiger partial charge in [-0.25, -0.2) is 4.98 Å². The predicted octanol–water partition coefficient (Wildman–Crippen LogP) is 7.56. The first-order valence-electron chi connectivity index (χ1n) is 12.9. The third-order valence-corrected chi connectivity index (χ3v) is 9.24. The smallest absolute Gasteiger partial charge is 0.416 e. The Bertz CT molecular complexity index is 1750. The summed E-state index contributed by atoms with van der Waals surface area (Å²) in [5.74, 6) is 1.19. The number of amides is 1. The maximum absolute atomic E-state index is 13.2. The van der Waals surface area contributed by atoms with Crippen molar-refractivity contribution in [2.45, 2.75) is 17.1 Å². The van der Waals surface area contributed by atoms with Crippen molar-refractivity contribution in [2.75, 3.05) is 31.1 Å². The summed E-state index contributed by atoms with van der Waals surface area (Å²) in [5, 5.41) is 12.6. The highest BCUT2D eigenvalue weighted by molar-refractivity contribution is 7.98. The molecule has 0 saturated carbocycles. The fourth-order valence-electron chi connectivity index (χ4n) is 4.62. The average Bonchev–Trinajstić information content (AvgIpc) is 3.77. The van der Waals surface area contributed by atoms with Gasteiger partial charge in [0, 0.05) is 42.3 Å². The fourth-order valence-corrected chi connectivity index (χ4v) is 6.84. The Balaban J connectivity index is 1.12. The third kappa shape index (κ3) is 6.40. The predicted molar refractivity (Wildman–Crippen MR) is 160 cm³/mol. The van der Waals surface area contributed by atoms with Gasteiger partial charge in [-0.2, -0.15) is 13.2 Å². The summed E-state index contributed by atoms with van der Waals surface area (Å²) < 4.78 is 46.7. The van der Waals surface area contributed by atoms with E-state index in [0.29, 0.717) is 80.8 Å². The summed E-state index contributed by atoms with van der Waals surface area (Å²) >= 11 is 15.4. The number of thioether (sulfide) groups is 1. The quantitative estimate of drug-likeness (QED) is 0.166. The zero-order chi connectivity index (χ0) is 30.1. The van der Waals surface area contributed by atoms with Crippen molar-refractivity contribution in [1.82, 2.24) is 24.6 Å². The number of alkyl halides is 3. The van der Waals surface area contributed by atoms with Crippen LogP contribution in [0.4, 0.5) is 18.9 Å². The van der Waals surface area contributed by atoms with Crippen LogP contribution >= 0.6 is 46.3 Å². The molecule has 1 aliphatic rings. The number of halogens is 5. The maximum atomic E-state index is 13.2. The van der Waals surface area contributed by atoms with Gasteiger partial charge >= 0.3 is 6.18 Å². The van der Waals surface area contributed by atoms with Gasteiger partial charge in [0.2, 0.25) is 5.82 Å². The number of hydrogen-bond acceptors (Lipinski definition) is 8. The van der Waals surface area contributed by atoms with Crippen LogP contribution < -0.4 is 4.90 Å². The van der Waals surface area contributed by atoms with E-state index < -0.39 is 11.7 Å². The SMILES string of the molecule is O=C(c1csc(CSc2nnc(-c3ccco3)n2-c2ccc(Cl)cc2Cl)n1)N1CCN(c2cccc(C(F)(F)F)c2)CC1. The van der Waals surface area contributed by atoms with Gasteiger partial charge in [-0.3, -0.25) is 9.36 Å². The number of aromatic nitrogens is 4. The molecule has 222 valence electrons. The molecule has 1 amide bonds. The second-order valence-corrected chi connectivity index (χ2v) is 12.2. The second-order valence-electron chi connectivity index (χ2n) is 9.46. The summed E-state index contributed by atoms with van der Waals surface area (Å²) in [4.78, 5) is 21.3. The van der Waals surface area contributed by atoms with Crippen LogP contribution in [0.1, 0.15) is 21.1 Å². The molecule has 15 heteroatoms. The summed E-state index contributed by atoms with van der Waals surface area (Å²) in [6, 6.07) is 13.9. The Morgan fingerprint density at radius 3 is 2.56 bits per heavy atom. The minimum atomic E-state index is -4.41. The standard InChI is InChI=1S/C28H21Cl2F3N6O2S2/c29-18-6-7-22(20(30)14-18)39-25(23-5-2-12-41-23)35-36-27(39)43-16-24-34-21(15-42-24)26(40)38-10-8-37(9-11-38)19-4-1-3-17(13-19)28(31,32)33/h1-7,12-15H,8-11,16H2. The van der Waals surface area contributed by atoms with E-state index in [4.69, 9.17) is 27.6 Å². The largest absolute Gasteiger partial charge is 0.461 e. The van der Waals surface area contributed by atoms with Gasteiger partial charge in [-0.15, -0.1) is 21.5 Å². The van der Waals surface area contributed by atoms with Crippen molar-refractivity contribution in [3.63, 3.8) is 0 Å². The van der Waals surface area contributed by atoms with Crippen molar-refractivity contribution in [3.8, 4) is 17.3 Å². The molecule has 0 bridgehead atoms. The molecule has 0 atom stereocenters. The Morgan fingerprint density at radius 2 is 1.84 bits per heavy atom. The molecule has 3 aromatic heterocycles. The van der Waals surface area contributed by atoms with Gasteiger partial charge in [-0.05, 0) is 48.5 Å². The third-order valence-electron chi connectivity index (χ3n) is 6.73. The topological polar surface area (TPSA) is 80.3 Å². The number of thiazole rings is 1. The van der Waals surface area contributed by atoms with E-state index in [-0.39, 0.29) is 5.91 Å². The van der Waals surface area contributed by atoms with Crippen LogP contribution in [-0.4, -0.2) is 56.7 Å². The second kappa shape index (κ2) is 12.2. The molecule has 0 unspecified atom stereocenters. The van der Waals surface area contributed by atoms with E-state index in [2.05, 4.69) is 15.2 Å². The molecule has 6 rings (SSSR count). The fraction of sp³-hybridized carbons (Fsp3) is 0.214. The number of hydrogen-bond donors (Lipinski definition) is 0. The van der Waals surface area contributed by atoms with Crippen molar-refractivity contribution in [2.24, 2.45) is 0 Å². The van der Waals surface area contributed by atoms with E-state index in [0.717, 1.165) is 12.1 Å². The van der Waals surface area contributed by atoms with Gasteiger partial charge in [0.1, 0.15) is 10.7 Å². The number of piperazine rings is 1. The van der Waals surface area contributed by atoms with Crippen LogP contribution in [0.15, 0.2) is 75.8 Å². The first-order chi connectivity index (χ1) is 20.7. The highest BCUT2D eigenvalue weighted by atomic mass is 35.5. The van der Waals surface area contributed by atoms with Crippen molar-refractivity contribution < 1.29 is 22.4 Å². The first kappa shape index (κ1) is 29.5. The zero-order valence-corrected chi connectivity index (χ0v) is 25.2. The molecule has 0 spiro atoms. The molecule has 1 fully saturated rings. The van der Waals surface area contributed by atoms with Crippen LogP contribution in [0.5, 0.6) is 0 Å². The molecule has 0 N–H and O–H groups in total. The number of furan rings is 1. The summed E-state index contributed by atoms with van der Waals surface area (Å²) in [6.07, 6.45) is -2.86. The molecule has 8 nitrogen and oxygen atoms in total. The lowest BCUT2D eigenvalue weighted by Crippen LogP contribution is -2.49. The number of carbonyl (C=O) groups is 1. The summed E-state index contributed by atoms with van der Waals surface area (Å²) in [6.45, 7) is 1.58. The highest BCUT2D eigenvalue weighted by Crippen LogP contribution is 2.35. The van der Waals surface area contributed by atoms with Crippen LogP contribution in [0.25, 0.3) is 17.3 Å². The number of carbonyl (C=O) groups excluding carboxylic acids is 1. The van der Waals surface area contributed by atoms with Crippen molar-refractivity contribution in [1.29, 1.82) is 0 Å². The average molecular weight is 666 g/mol. The summed E-state index contributed by atoms with van der Waals surface area (Å²) in [5.41, 5.74) is 0.747. The minimum absolute atomic E-state index is 0.215. The van der Waals surface area contributed by atoms with Crippen molar-refractivity contribution >= 4 is 57.9 Å². The Morgan fingerprint density at radius 1 is 1.02 bits per heavy atom. The lowest BCUT2D eigenvalue weighted by atomic mass is 10.1. The van der Waals surface area contributed by atoms with Crippen LogP contribution in [0.3, 0.4) is 0 Å². The Kier molecular flexibility index (Phi) is 8.40. The monoisotopic (exact) mass is 664 g/mol. The molecule has 5 aromatic rings. The van der Waals surface area contributed by atoms with Gasteiger partial charge in [-0.1, -0.05) is 41.0 Å². The molecule has 1 aliphatic heterocycles. The molecule has 2 aromatic carbocycles. The molecule has 0 aliphatic carbocycles. The van der Waals surface area contributed by atoms with E-state index in [9.17, 15) is 18.0 Å². The van der Waals surface area contributed by atoms with E-state index in [1.807, 2.05) is 4.90 Å².